The summed E-state index contributed by atoms with van der Waals surface area (Å²) in [7, 11) is 0. The van der Waals surface area contributed by atoms with Gasteiger partial charge in [0.05, 0.1) is 11.1 Å². The van der Waals surface area contributed by atoms with Gasteiger partial charge < -0.3 is 20.1 Å². The van der Waals surface area contributed by atoms with E-state index in [9.17, 15) is 18.0 Å². The van der Waals surface area contributed by atoms with Crippen molar-refractivity contribution in [2.45, 2.75) is 38.0 Å². The fourth-order valence-electron chi connectivity index (χ4n) is 5.54. The number of halogens is 3. The van der Waals surface area contributed by atoms with Gasteiger partial charge >= 0.3 is 12.1 Å². The molecule has 0 saturated carbocycles. The van der Waals surface area contributed by atoms with Gasteiger partial charge in [0.25, 0.3) is 0 Å². The third kappa shape index (κ3) is 4.24. The number of anilines is 3. The highest BCUT2D eigenvalue weighted by atomic mass is 19.4. The molecule has 0 saturated heterocycles. The number of carbonyl (C=O) groups is 1. The molecule has 2 heterocycles. The Balaban J connectivity index is 1.57. The van der Waals surface area contributed by atoms with Crippen molar-refractivity contribution in [2.24, 2.45) is 0 Å². The van der Waals surface area contributed by atoms with Crippen molar-refractivity contribution in [2.75, 3.05) is 17.2 Å². The van der Waals surface area contributed by atoms with Gasteiger partial charge in [-0.2, -0.15) is 13.2 Å². The predicted octanol–water partition coefficient (Wildman–Crippen LogP) is 8.62. The van der Waals surface area contributed by atoms with Gasteiger partial charge in [-0.15, -0.1) is 0 Å². The van der Waals surface area contributed by atoms with E-state index in [0.29, 0.717) is 51.7 Å². The molecule has 1 spiro atoms. The zero-order valence-electron chi connectivity index (χ0n) is 21.8. The number of ether oxygens (including phenoxy) is 2. The molecule has 6 rings (SSSR count). The molecule has 0 atom stereocenters. The summed E-state index contributed by atoms with van der Waals surface area (Å²) in [5.74, 6) is 0.550. The van der Waals surface area contributed by atoms with E-state index in [0.717, 1.165) is 31.4 Å². The predicted molar refractivity (Wildman–Crippen MR) is 147 cm³/mol. The van der Waals surface area contributed by atoms with Gasteiger partial charge in [0.15, 0.2) is 5.60 Å². The van der Waals surface area contributed by atoms with Crippen LogP contribution in [-0.2, 0) is 16.5 Å². The second-order valence-electron chi connectivity index (χ2n) is 9.91. The van der Waals surface area contributed by atoms with Gasteiger partial charge in [0, 0.05) is 40.3 Å². The largest absolute Gasteiger partial charge is 0.456 e. The molecule has 2 aliphatic rings. The molecule has 4 aromatic carbocycles. The van der Waals surface area contributed by atoms with Crippen molar-refractivity contribution in [3.63, 3.8) is 0 Å². The molecule has 2 aliphatic heterocycles. The monoisotopic (exact) mass is 544 g/mol. The summed E-state index contributed by atoms with van der Waals surface area (Å²) in [6, 6.07) is 23.2. The van der Waals surface area contributed by atoms with E-state index < -0.39 is 23.3 Å². The first kappa shape index (κ1) is 25.8. The van der Waals surface area contributed by atoms with Crippen molar-refractivity contribution in [1.29, 1.82) is 0 Å². The van der Waals surface area contributed by atoms with Gasteiger partial charge in [0.1, 0.15) is 11.5 Å². The summed E-state index contributed by atoms with van der Waals surface area (Å²) >= 11 is 0. The van der Waals surface area contributed by atoms with Crippen LogP contribution in [0.2, 0.25) is 0 Å². The molecule has 0 amide bonds. The quantitative estimate of drug-likeness (QED) is 0.180. The number of carbonyl (C=O) groups excluding carboxylic acids is 1. The smallest absolute Gasteiger partial charge is 0.416 e. The van der Waals surface area contributed by atoms with Crippen molar-refractivity contribution in [3.05, 3.63) is 113 Å². The molecule has 204 valence electrons. The van der Waals surface area contributed by atoms with Gasteiger partial charge in [-0.3, -0.25) is 0 Å². The highest BCUT2D eigenvalue weighted by molar-refractivity contribution is 6.04. The molecule has 0 aliphatic carbocycles. The number of rotatable bonds is 7. The Morgan fingerprint density at radius 3 is 2.17 bits per heavy atom. The van der Waals surface area contributed by atoms with E-state index >= 15 is 0 Å². The molecular formula is C32H27F3N2O3. The Bertz CT molecular complexity index is 1550. The summed E-state index contributed by atoms with van der Waals surface area (Å²) in [6.45, 7) is 2.78. The lowest BCUT2D eigenvalue weighted by molar-refractivity contribution is -0.137. The zero-order valence-corrected chi connectivity index (χ0v) is 21.8. The molecule has 0 unspecified atom stereocenters. The van der Waals surface area contributed by atoms with Crippen molar-refractivity contribution < 1.29 is 27.4 Å². The Kier molecular flexibility index (Phi) is 6.41. The Morgan fingerprint density at radius 2 is 1.50 bits per heavy atom. The number of fused-ring (bicyclic) bond motifs is 6. The topological polar surface area (TPSA) is 59.6 Å². The molecule has 0 bridgehead atoms. The molecule has 2 N–H and O–H groups in total. The average Bonchev–Trinajstić information content (AvgIpc) is 3.26. The second-order valence-corrected chi connectivity index (χ2v) is 9.91. The maximum atomic E-state index is 13.8. The Morgan fingerprint density at radius 1 is 0.825 bits per heavy atom. The number of unbranched alkanes of at least 4 members (excludes halogenated alkanes) is 2. The van der Waals surface area contributed by atoms with Crippen LogP contribution in [-0.4, -0.2) is 12.5 Å². The number of nitrogens with one attached hydrogen (secondary N) is 2. The molecule has 0 radical (unpaired) electrons. The summed E-state index contributed by atoms with van der Waals surface area (Å²) in [5.41, 5.74) is 1.32. The highest BCUT2D eigenvalue weighted by Crippen LogP contribution is 2.58. The third-order valence-electron chi connectivity index (χ3n) is 7.32. The summed E-state index contributed by atoms with van der Waals surface area (Å²) in [5, 5.41) is 6.56. The van der Waals surface area contributed by atoms with Crippen LogP contribution in [0.5, 0.6) is 11.5 Å². The van der Waals surface area contributed by atoms with Crippen molar-refractivity contribution in [3.8, 4) is 11.5 Å². The Hall–Kier alpha value is -4.46. The van der Waals surface area contributed by atoms with Crippen LogP contribution >= 0.6 is 0 Å². The molecular weight excluding hydrogens is 517 g/mol. The van der Waals surface area contributed by atoms with Gasteiger partial charge in [0.2, 0.25) is 0 Å². The number of esters is 1. The number of hydrogen-bond donors (Lipinski definition) is 2. The third-order valence-corrected chi connectivity index (χ3v) is 7.32. The molecule has 0 fully saturated rings. The number of para-hydroxylation sites is 2. The molecule has 4 aromatic rings. The molecule has 5 nitrogen and oxygen atoms in total. The van der Waals surface area contributed by atoms with Gasteiger partial charge in [-0.05, 0) is 48.9 Å². The fraction of sp³-hybridized carbons (Fsp3) is 0.219. The van der Waals surface area contributed by atoms with Crippen molar-refractivity contribution in [1.82, 2.24) is 0 Å². The van der Waals surface area contributed by atoms with Crippen LogP contribution in [0.25, 0.3) is 0 Å². The molecule has 8 heteroatoms. The summed E-state index contributed by atoms with van der Waals surface area (Å²) < 4.78 is 53.1. The lowest BCUT2D eigenvalue weighted by Crippen LogP contribution is -2.33. The van der Waals surface area contributed by atoms with Crippen LogP contribution in [0.1, 0.15) is 58.8 Å². The van der Waals surface area contributed by atoms with Crippen LogP contribution in [0.15, 0.2) is 84.9 Å². The first-order valence-corrected chi connectivity index (χ1v) is 13.3. The Labute approximate surface area is 229 Å². The minimum atomic E-state index is -4.50. The van der Waals surface area contributed by atoms with E-state index in [2.05, 4.69) is 17.6 Å². The summed E-state index contributed by atoms with van der Waals surface area (Å²) in [6.07, 6.45) is -1.48. The fourth-order valence-corrected chi connectivity index (χ4v) is 5.54. The van der Waals surface area contributed by atoms with E-state index in [1.807, 2.05) is 48.5 Å². The second kappa shape index (κ2) is 9.93. The van der Waals surface area contributed by atoms with E-state index in [1.54, 1.807) is 18.2 Å². The number of benzene rings is 4. The van der Waals surface area contributed by atoms with Crippen LogP contribution < -0.4 is 15.4 Å². The molecule has 0 aromatic heterocycles. The van der Waals surface area contributed by atoms with Gasteiger partial charge in [-0.1, -0.05) is 62.2 Å². The van der Waals surface area contributed by atoms with Crippen molar-refractivity contribution >= 4 is 23.0 Å². The van der Waals surface area contributed by atoms with E-state index in [1.165, 1.54) is 6.07 Å². The summed E-state index contributed by atoms with van der Waals surface area (Å²) in [4.78, 5) is 13.8. The van der Waals surface area contributed by atoms with Crippen LogP contribution in [0.3, 0.4) is 0 Å². The standard InChI is InChI=1S/C32H27F3N2O3/c1-2-3-8-18-36-24-16-17-25(37-21-11-9-10-20(19-21)32(33,34)35)29-28(24)30(38)40-31(29)22-12-4-6-14-26(22)39-27-15-7-5-13-23(27)31/h4-7,9-17,19,36-37H,2-3,8,18H2,1H3. The average molecular weight is 545 g/mol. The SMILES string of the molecule is CCCCCNc1ccc(Nc2cccc(C(F)(F)F)c2)c2c1C(=O)OC21c2ccccc2Oc2ccccc21. The zero-order chi connectivity index (χ0) is 27.9. The van der Waals surface area contributed by atoms with Crippen LogP contribution in [0, 0.1) is 0 Å². The lowest BCUT2D eigenvalue weighted by Gasteiger charge is -2.37. The number of hydrogen-bond acceptors (Lipinski definition) is 5. The van der Waals surface area contributed by atoms with E-state index in [4.69, 9.17) is 9.47 Å². The number of alkyl halides is 3. The minimum absolute atomic E-state index is 0.240. The highest BCUT2D eigenvalue weighted by Gasteiger charge is 2.55. The minimum Gasteiger partial charge on any atom is -0.456 e. The van der Waals surface area contributed by atoms with Crippen LogP contribution in [0.4, 0.5) is 30.2 Å². The first-order chi connectivity index (χ1) is 19.3. The maximum Gasteiger partial charge on any atom is 0.416 e. The first-order valence-electron chi connectivity index (χ1n) is 13.3. The lowest BCUT2D eigenvalue weighted by atomic mass is 9.76. The van der Waals surface area contributed by atoms with Gasteiger partial charge in [-0.25, -0.2) is 4.79 Å². The maximum absolute atomic E-state index is 13.8. The molecule has 40 heavy (non-hydrogen) atoms. The van der Waals surface area contributed by atoms with E-state index in [-0.39, 0.29) is 5.69 Å². The normalized spacial score (nSPS) is 14.6.